The molecule has 1 saturated heterocycles. The van der Waals surface area contributed by atoms with Crippen molar-refractivity contribution >= 4 is 11.8 Å². The van der Waals surface area contributed by atoms with E-state index in [0.717, 1.165) is 26.1 Å². The van der Waals surface area contributed by atoms with Gasteiger partial charge < -0.3 is 15.4 Å². The maximum absolute atomic E-state index is 12.8. The Balaban J connectivity index is 1.91. The molecular formula is C22H35N3O3. The number of rotatable bonds is 9. The van der Waals surface area contributed by atoms with Crippen molar-refractivity contribution in [3.8, 4) is 0 Å². The van der Waals surface area contributed by atoms with E-state index in [-0.39, 0.29) is 23.8 Å². The molecule has 3 atom stereocenters. The van der Waals surface area contributed by atoms with Crippen molar-refractivity contribution in [1.82, 2.24) is 15.5 Å². The van der Waals surface area contributed by atoms with Crippen LogP contribution in [0.5, 0.6) is 0 Å². The third kappa shape index (κ3) is 6.91. The first-order chi connectivity index (χ1) is 13.4. The zero-order valence-corrected chi connectivity index (χ0v) is 17.6. The predicted molar refractivity (Wildman–Crippen MR) is 111 cm³/mol. The molecule has 1 heterocycles. The van der Waals surface area contributed by atoms with Crippen LogP contribution in [0.25, 0.3) is 0 Å². The maximum Gasteiger partial charge on any atom is 0.251 e. The molecule has 2 rings (SSSR count). The second-order valence-electron chi connectivity index (χ2n) is 8.09. The minimum absolute atomic E-state index is 0.0149. The smallest absolute Gasteiger partial charge is 0.251 e. The molecule has 6 heteroatoms. The first-order valence-corrected chi connectivity index (χ1v) is 10.4. The average Bonchev–Trinajstić information content (AvgIpc) is 2.70. The van der Waals surface area contributed by atoms with Gasteiger partial charge in [0.25, 0.3) is 5.91 Å². The van der Waals surface area contributed by atoms with Crippen molar-refractivity contribution in [1.29, 1.82) is 0 Å². The van der Waals surface area contributed by atoms with Crippen LogP contribution in [0.2, 0.25) is 0 Å². The van der Waals surface area contributed by atoms with E-state index in [9.17, 15) is 9.59 Å². The predicted octanol–water partition coefficient (Wildman–Crippen LogP) is 2.30. The summed E-state index contributed by atoms with van der Waals surface area (Å²) in [6.45, 7) is 12.4. The van der Waals surface area contributed by atoms with Gasteiger partial charge in [-0.1, -0.05) is 52.3 Å². The van der Waals surface area contributed by atoms with Gasteiger partial charge >= 0.3 is 0 Å². The summed E-state index contributed by atoms with van der Waals surface area (Å²) in [5.74, 6) is 0.273. The van der Waals surface area contributed by atoms with Gasteiger partial charge in [0.05, 0.1) is 12.7 Å². The molecule has 0 aliphatic carbocycles. The molecular weight excluding hydrogens is 354 g/mol. The van der Waals surface area contributed by atoms with Crippen LogP contribution in [0.1, 0.15) is 44.5 Å². The lowest BCUT2D eigenvalue weighted by atomic mass is 9.97. The Morgan fingerprint density at radius 3 is 2.57 bits per heavy atom. The largest absolute Gasteiger partial charge is 0.374 e. The van der Waals surface area contributed by atoms with Crippen molar-refractivity contribution in [2.45, 2.75) is 46.3 Å². The van der Waals surface area contributed by atoms with Crippen LogP contribution in [0.15, 0.2) is 30.3 Å². The van der Waals surface area contributed by atoms with Gasteiger partial charge in [-0.15, -0.1) is 0 Å². The Bertz CT molecular complexity index is 621. The van der Waals surface area contributed by atoms with E-state index >= 15 is 0 Å². The number of morpholine rings is 1. The molecule has 1 aliphatic heterocycles. The Hall–Kier alpha value is -1.92. The first kappa shape index (κ1) is 22.4. The third-order valence-electron chi connectivity index (χ3n) is 5.17. The Labute approximate surface area is 169 Å². The molecule has 3 unspecified atom stereocenters. The maximum atomic E-state index is 12.8. The highest BCUT2D eigenvalue weighted by Crippen LogP contribution is 2.11. The summed E-state index contributed by atoms with van der Waals surface area (Å²) in [7, 11) is 0. The van der Waals surface area contributed by atoms with Gasteiger partial charge in [-0.2, -0.15) is 0 Å². The van der Waals surface area contributed by atoms with Crippen molar-refractivity contribution in [3.05, 3.63) is 35.9 Å². The molecule has 6 nitrogen and oxygen atoms in total. The monoisotopic (exact) mass is 389 g/mol. The van der Waals surface area contributed by atoms with E-state index in [1.807, 2.05) is 32.0 Å². The van der Waals surface area contributed by atoms with Gasteiger partial charge in [0, 0.05) is 31.7 Å². The third-order valence-corrected chi connectivity index (χ3v) is 5.17. The van der Waals surface area contributed by atoms with E-state index in [2.05, 4.69) is 29.4 Å². The summed E-state index contributed by atoms with van der Waals surface area (Å²) in [6, 6.07) is 8.43. The van der Waals surface area contributed by atoms with Gasteiger partial charge in [0.2, 0.25) is 5.91 Å². The lowest BCUT2D eigenvalue weighted by Gasteiger charge is -2.34. The van der Waals surface area contributed by atoms with Crippen LogP contribution in [0.3, 0.4) is 0 Å². The van der Waals surface area contributed by atoms with E-state index in [1.54, 1.807) is 12.1 Å². The summed E-state index contributed by atoms with van der Waals surface area (Å²) < 4.78 is 5.81. The number of amides is 2. The van der Waals surface area contributed by atoms with Gasteiger partial charge in [-0.05, 0) is 24.0 Å². The normalized spacial score (nSPS) is 19.8. The second-order valence-corrected chi connectivity index (χ2v) is 8.09. The molecule has 2 N–H and O–H groups in total. The first-order valence-electron chi connectivity index (χ1n) is 10.4. The molecule has 0 bridgehead atoms. The number of ether oxygens (including phenoxy) is 1. The van der Waals surface area contributed by atoms with Crippen LogP contribution in [-0.2, 0) is 9.53 Å². The fourth-order valence-corrected chi connectivity index (χ4v) is 3.43. The molecule has 1 aromatic rings. The van der Waals surface area contributed by atoms with Crippen LogP contribution in [-0.4, -0.2) is 61.6 Å². The number of hydrogen-bond donors (Lipinski definition) is 2. The summed E-state index contributed by atoms with van der Waals surface area (Å²) in [6.07, 6.45) is 0.786. The molecule has 0 aromatic heterocycles. The van der Waals surface area contributed by atoms with Crippen molar-refractivity contribution in [2.24, 2.45) is 11.8 Å². The molecule has 0 saturated carbocycles. The zero-order valence-electron chi connectivity index (χ0n) is 17.6. The molecule has 28 heavy (non-hydrogen) atoms. The van der Waals surface area contributed by atoms with Gasteiger partial charge in [0.1, 0.15) is 6.04 Å². The van der Waals surface area contributed by atoms with Crippen molar-refractivity contribution in [3.63, 3.8) is 0 Å². The number of nitrogens with one attached hydrogen (secondary N) is 2. The SMILES string of the molecule is CCC(C)C(NC(=O)c1ccccc1)C(=O)NCC1CN(CC(C)C)CCO1. The highest BCUT2D eigenvalue weighted by molar-refractivity contribution is 5.97. The Morgan fingerprint density at radius 2 is 1.93 bits per heavy atom. The van der Waals surface area contributed by atoms with Crippen LogP contribution >= 0.6 is 0 Å². The van der Waals surface area contributed by atoms with Crippen molar-refractivity contribution < 1.29 is 14.3 Å². The fourth-order valence-electron chi connectivity index (χ4n) is 3.43. The van der Waals surface area contributed by atoms with E-state index in [4.69, 9.17) is 4.74 Å². The minimum Gasteiger partial charge on any atom is -0.374 e. The summed E-state index contributed by atoms with van der Waals surface area (Å²) in [5, 5.41) is 5.90. The molecule has 2 amide bonds. The number of hydrogen-bond acceptors (Lipinski definition) is 4. The molecule has 0 radical (unpaired) electrons. The van der Waals surface area contributed by atoms with E-state index in [0.29, 0.717) is 24.6 Å². The highest BCUT2D eigenvalue weighted by atomic mass is 16.5. The fraction of sp³-hybridized carbons (Fsp3) is 0.636. The Morgan fingerprint density at radius 1 is 1.21 bits per heavy atom. The lowest BCUT2D eigenvalue weighted by Crippen LogP contribution is -2.53. The highest BCUT2D eigenvalue weighted by Gasteiger charge is 2.28. The summed E-state index contributed by atoms with van der Waals surface area (Å²) in [4.78, 5) is 27.7. The standard InChI is InChI=1S/C22H35N3O3/c1-5-17(4)20(24-21(26)18-9-7-6-8-10-18)22(27)23-13-19-15-25(11-12-28-19)14-16(2)3/h6-10,16-17,19-20H,5,11-15H2,1-4H3,(H,23,27)(H,24,26). The number of carbonyl (C=O) groups is 2. The minimum atomic E-state index is -0.562. The van der Waals surface area contributed by atoms with E-state index in [1.165, 1.54) is 0 Å². The molecule has 156 valence electrons. The second kappa shape index (κ2) is 11.2. The number of benzene rings is 1. The van der Waals surface area contributed by atoms with E-state index < -0.39 is 6.04 Å². The molecule has 1 aromatic carbocycles. The quantitative estimate of drug-likeness (QED) is 0.680. The topological polar surface area (TPSA) is 70.7 Å². The molecule has 1 aliphatic rings. The van der Waals surface area contributed by atoms with Crippen LogP contribution in [0.4, 0.5) is 0 Å². The molecule has 1 fully saturated rings. The summed E-state index contributed by atoms with van der Waals surface area (Å²) in [5.41, 5.74) is 0.559. The van der Waals surface area contributed by atoms with Gasteiger partial charge in [0.15, 0.2) is 0 Å². The van der Waals surface area contributed by atoms with Crippen LogP contribution < -0.4 is 10.6 Å². The average molecular weight is 390 g/mol. The van der Waals surface area contributed by atoms with Gasteiger partial charge in [-0.3, -0.25) is 14.5 Å². The van der Waals surface area contributed by atoms with Crippen LogP contribution in [0, 0.1) is 11.8 Å². The van der Waals surface area contributed by atoms with Gasteiger partial charge in [-0.25, -0.2) is 0 Å². The summed E-state index contributed by atoms with van der Waals surface area (Å²) >= 11 is 0. The molecule has 0 spiro atoms. The lowest BCUT2D eigenvalue weighted by molar-refractivity contribution is -0.125. The Kier molecular flexibility index (Phi) is 8.93. The van der Waals surface area contributed by atoms with Crippen molar-refractivity contribution in [2.75, 3.05) is 32.8 Å². The number of nitrogens with zero attached hydrogens (tertiary/aromatic N) is 1. The number of carbonyl (C=O) groups excluding carboxylic acids is 2. The zero-order chi connectivity index (χ0) is 20.5.